The molecule has 5 aliphatic carbocycles. The standard InChI is InChI=1S/C38H64N2O7/c1-22-18-23(31(42)34(4,5)44)46-30-29(22)35(6)14-15-38-21-37(38)13-12-26(47-28-20-40(16-17-45-28)27(41)19-39(8)9)33(2,3)24(37)10-11-25(38)36(35,7)32(30)43/h22-26,28-32,42-44H,10-21H2,1-9H3/t22-,23?,24+,25?,26?,28?,29?,30?,31?,32+,35?,36-,37?,38?/m1/s1. The van der Waals surface area contributed by atoms with Crippen molar-refractivity contribution in [3.05, 3.63) is 0 Å². The van der Waals surface area contributed by atoms with Crippen LogP contribution in [0.4, 0.5) is 0 Å². The summed E-state index contributed by atoms with van der Waals surface area (Å²) in [6.45, 7) is 17.3. The van der Waals surface area contributed by atoms with Gasteiger partial charge in [-0.05, 0) is 125 Å². The zero-order chi connectivity index (χ0) is 34.1. The number of fused-ring (bicyclic) bond motifs is 4. The van der Waals surface area contributed by atoms with Gasteiger partial charge >= 0.3 is 0 Å². The van der Waals surface area contributed by atoms with Crippen molar-refractivity contribution in [1.29, 1.82) is 0 Å². The molecule has 9 nitrogen and oxygen atoms in total. The topological polar surface area (TPSA) is 112 Å². The Morgan fingerprint density at radius 2 is 1.74 bits per heavy atom. The van der Waals surface area contributed by atoms with E-state index < -0.39 is 23.9 Å². The van der Waals surface area contributed by atoms with Crippen molar-refractivity contribution in [1.82, 2.24) is 9.80 Å². The molecule has 0 aromatic rings. The molecule has 0 radical (unpaired) electrons. The van der Waals surface area contributed by atoms with E-state index in [1.807, 2.05) is 23.9 Å². The number of carbonyl (C=O) groups is 1. The molecule has 0 bridgehead atoms. The van der Waals surface area contributed by atoms with E-state index in [2.05, 4.69) is 34.6 Å². The first-order valence-electron chi connectivity index (χ1n) is 18.8. The molecule has 0 aromatic heterocycles. The highest BCUT2D eigenvalue weighted by Gasteiger charge is 2.84. The monoisotopic (exact) mass is 660 g/mol. The Hall–Kier alpha value is -0.810. The molecular formula is C38H64N2O7. The lowest BCUT2D eigenvalue weighted by Gasteiger charge is -2.64. The number of rotatable bonds is 6. The lowest BCUT2D eigenvalue weighted by molar-refractivity contribution is -0.248. The maximum Gasteiger partial charge on any atom is 0.236 e. The molecule has 268 valence electrons. The van der Waals surface area contributed by atoms with Crippen LogP contribution >= 0.6 is 0 Å². The summed E-state index contributed by atoms with van der Waals surface area (Å²) in [7, 11) is 3.85. The molecule has 5 saturated carbocycles. The first-order valence-corrected chi connectivity index (χ1v) is 18.8. The fraction of sp³-hybridized carbons (Fsp3) is 0.974. The minimum atomic E-state index is -1.26. The number of likely N-dealkylation sites (N-methyl/N-ethyl adjacent to an activating group) is 1. The molecule has 2 aliphatic heterocycles. The number of amides is 1. The molecule has 7 fully saturated rings. The smallest absolute Gasteiger partial charge is 0.236 e. The summed E-state index contributed by atoms with van der Waals surface area (Å²) in [6.07, 6.45) is 6.00. The molecule has 14 atom stereocenters. The average molecular weight is 661 g/mol. The number of hydrogen-bond acceptors (Lipinski definition) is 8. The van der Waals surface area contributed by atoms with Crippen LogP contribution < -0.4 is 0 Å². The Morgan fingerprint density at radius 3 is 2.43 bits per heavy atom. The number of morpholine rings is 1. The Bertz CT molecular complexity index is 1240. The highest BCUT2D eigenvalue weighted by atomic mass is 16.7. The van der Waals surface area contributed by atoms with Gasteiger partial charge in [-0.15, -0.1) is 0 Å². The van der Waals surface area contributed by atoms with Crippen molar-refractivity contribution in [2.75, 3.05) is 40.3 Å². The third-order valence-corrected chi connectivity index (χ3v) is 16.0. The third kappa shape index (κ3) is 4.75. The molecule has 7 aliphatic rings. The zero-order valence-corrected chi connectivity index (χ0v) is 30.6. The molecule has 7 rings (SSSR count). The van der Waals surface area contributed by atoms with Gasteiger partial charge < -0.3 is 39.3 Å². The molecule has 0 aromatic carbocycles. The second-order valence-corrected chi connectivity index (χ2v) is 19.2. The second-order valence-electron chi connectivity index (χ2n) is 19.2. The largest absolute Gasteiger partial charge is 0.390 e. The van der Waals surface area contributed by atoms with Gasteiger partial charge in [0.05, 0.1) is 49.7 Å². The van der Waals surface area contributed by atoms with E-state index in [1.165, 1.54) is 12.8 Å². The third-order valence-electron chi connectivity index (χ3n) is 16.0. The van der Waals surface area contributed by atoms with Crippen molar-refractivity contribution in [3.63, 3.8) is 0 Å². The maximum absolute atomic E-state index is 12.8. The fourth-order valence-corrected chi connectivity index (χ4v) is 13.7. The minimum Gasteiger partial charge on any atom is -0.390 e. The van der Waals surface area contributed by atoms with Gasteiger partial charge in [0.25, 0.3) is 0 Å². The summed E-state index contributed by atoms with van der Waals surface area (Å²) in [5.41, 5.74) is -1.07. The summed E-state index contributed by atoms with van der Waals surface area (Å²) < 4.78 is 19.6. The van der Waals surface area contributed by atoms with Crippen molar-refractivity contribution in [2.24, 2.45) is 50.7 Å². The first kappa shape index (κ1) is 34.6. The molecule has 2 saturated heterocycles. The van der Waals surface area contributed by atoms with Crippen LogP contribution in [0.15, 0.2) is 0 Å². The quantitative estimate of drug-likeness (QED) is 0.391. The van der Waals surface area contributed by atoms with Crippen LogP contribution in [0, 0.1) is 50.7 Å². The van der Waals surface area contributed by atoms with Crippen molar-refractivity contribution < 1.29 is 34.3 Å². The fourth-order valence-electron chi connectivity index (χ4n) is 13.7. The maximum atomic E-state index is 12.8. The number of ether oxygens (including phenoxy) is 3. The number of nitrogens with zero attached hydrogens (tertiary/aromatic N) is 2. The normalized spacial score (nSPS) is 50.9. The van der Waals surface area contributed by atoms with Crippen LogP contribution in [-0.4, -0.2) is 114 Å². The van der Waals surface area contributed by atoms with Gasteiger partial charge in [-0.25, -0.2) is 0 Å². The summed E-state index contributed by atoms with van der Waals surface area (Å²) >= 11 is 0. The number of aliphatic hydroxyl groups is 3. The van der Waals surface area contributed by atoms with E-state index >= 15 is 0 Å². The van der Waals surface area contributed by atoms with Gasteiger partial charge in [-0.3, -0.25) is 4.79 Å². The average Bonchev–Trinajstić information content (AvgIpc) is 3.62. The van der Waals surface area contributed by atoms with E-state index in [0.29, 0.717) is 50.4 Å². The Labute approximate surface area is 283 Å². The van der Waals surface area contributed by atoms with Gasteiger partial charge in [0.2, 0.25) is 5.91 Å². The molecule has 9 heteroatoms. The second kappa shape index (κ2) is 11.1. The molecule has 2 heterocycles. The minimum absolute atomic E-state index is 0.0198. The zero-order valence-electron chi connectivity index (χ0n) is 30.6. The van der Waals surface area contributed by atoms with E-state index in [-0.39, 0.29) is 57.4 Å². The summed E-state index contributed by atoms with van der Waals surface area (Å²) in [6, 6.07) is 0. The predicted molar refractivity (Wildman–Crippen MR) is 178 cm³/mol. The Kier molecular flexibility index (Phi) is 8.17. The van der Waals surface area contributed by atoms with Crippen LogP contribution in [0.2, 0.25) is 0 Å². The SMILES string of the molecule is C[C@@H]1CC(C(O)C(C)(C)O)OC2C1C1(C)CCC34CC35CCC(OC3CN(C(=O)CN(C)C)CCO3)C(C)(C)[C@@H]5CCC4[C@]1(C)[C@H]2O. The van der Waals surface area contributed by atoms with Crippen LogP contribution in [0.5, 0.6) is 0 Å². The van der Waals surface area contributed by atoms with Crippen molar-refractivity contribution in [2.45, 2.75) is 142 Å². The first-order chi connectivity index (χ1) is 21.8. The Morgan fingerprint density at radius 1 is 1.06 bits per heavy atom. The molecule has 1 amide bonds. The van der Waals surface area contributed by atoms with Crippen LogP contribution in [-0.2, 0) is 19.0 Å². The van der Waals surface area contributed by atoms with E-state index in [1.54, 1.807) is 13.8 Å². The molecule has 2 spiro atoms. The van der Waals surface area contributed by atoms with Crippen molar-refractivity contribution in [3.8, 4) is 0 Å². The molecule has 3 N–H and O–H groups in total. The summed E-state index contributed by atoms with van der Waals surface area (Å²) in [4.78, 5) is 16.6. The Balaban J connectivity index is 1.10. The van der Waals surface area contributed by atoms with E-state index in [9.17, 15) is 20.1 Å². The summed E-state index contributed by atoms with van der Waals surface area (Å²) in [5.74, 6) is 1.64. The summed E-state index contributed by atoms with van der Waals surface area (Å²) in [5, 5.41) is 34.1. The van der Waals surface area contributed by atoms with Gasteiger partial charge in [-0.2, -0.15) is 0 Å². The predicted octanol–water partition coefficient (Wildman–Crippen LogP) is 4.06. The van der Waals surface area contributed by atoms with Crippen molar-refractivity contribution >= 4 is 5.91 Å². The number of hydrogen-bond donors (Lipinski definition) is 3. The van der Waals surface area contributed by atoms with Crippen LogP contribution in [0.1, 0.15) is 99.8 Å². The van der Waals surface area contributed by atoms with Gasteiger partial charge in [-0.1, -0.05) is 34.6 Å². The highest BCUT2D eigenvalue weighted by Crippen LogP contribution is 2.89. The van der Waals surface area contributed by atoms with E-state index in [4.69, 9.17) is 14.2 Å². The number of carbonyl (C=O) groups excluding carboxylic acids is 1. The van der Waals surface area contributed by atoms with Gasteiger partial charge in [0.15, 0.2) is 6.29 Å². The lowest BCUT2D eigenvalue weighted by atomic mass is 9.41. The lowest BCUT2D eigenvalue weighted by Crippen LogP contribution is -2.60. The highest BCUT2D eigenvalue weighted by molar-refractivity contribution is 5.78. The molecule has 47 heavy (non-hydrogen) atoms. The number of aliphatic hydroxyl groups excluding tert-OH is 2. The molecular weight excluding hydrogens is 596 g/mol. The van der Waals surface area contributed by atoms with Crippen LogP contribution in [0.25, 0.3) is 0 Å². The van der Waals surface area contributed by atoms with Gasteiger partial charge in [0, 0.05) is 12.0 Å². The molecule has 10 unspecified atom stereocenters. The van der Waals surface area contributed by atoms with Crippen LogP contribution in [0.3, 0.4) is 0 Å². The van der Waals surface area contributed by atoms with Gasteiger partial charge in [0.1, 0.15) is 6.10 Å². The van der Waals surface area contributed by atoms with E-state index in [0.717, 1.165) is 32.1 Å².